The van der Waals surface area contributed by atoms with Crippen LogP contribution >= 0.6 is 0 Å². The number of hydrogen-bond acceptors (Lipinski definition) is 2. The smallest absolute Gasteiger partial charge is 0.0406 e. The molecule has 3 N–H and O–H groups in total. The van der Waals surface area contributed by atoms with Crippen LogP contribution in [0.5, 0.6) is 0 Å². The van der Waals surface area contributed by atoms with E-state index in [2.05, 4.69) is 78.0 Å². The molecule has 0 atom stereocenters. The summed E-state index contributed by atoms with van der Waals surface area (Å²) >= 11 is 0. The molecule has 0 bridgehead atoms. The predicted molar refractivity (Wildman–Crippen MR) is 127 cm³/mol. The fraction of sp³-hybridized carbons (Fsp3) is 0.346. The molecule has 0 fully saturated rings. The SMILES string of the molecule is CC/C=C\C(=C(/C)c1cccc(C)c1)c1cc(C=N)c(N)cc1C.CCCC. The highest BCUT2D eigenvalue weighted by Gasteiger charge is 2.11. The average Bonchev–Trinajstić information content (AvgIpc) is 2.69. The number of nitrogen functional groups attached to an aromatic ring is 1. The number of hydrogen-bond donors (Lipinski definition) is 2. The number of unbranched alkanes of at least 4 members (excludes halogenated alkanes) is 1. The minimum atomic E-state index is 0.651. The van der Waals surface area contributed by atoms with E-state index in [1.807, 2.05) is 12.1 Å². The summed E-state index contributed by atoms with van der Waals surface area (Å²) in [6.45, 7) is 12.8. The van der Waals surface area contributed by atoms with Crippen molar-refractivity contribution in [2.75, 3.05) is 5.73 Å². The van der Waals surface area contributed by atoms with Crippen molar-refractivity contribution in [3.05, 3.63) is 76.4 Å². The van der Waals surface area contributed by atoms with Crippen LogP contribution in [0.1, 0.15) is 74.8 Å². The first-order valence-electron chi connectivity index (χ1n) is 10.2. The molecule has 2 aromatic rings. The fourth-order valence-electron chi connectivity index (χ4n) is 2.85. The van der Waals surface area contributed by atoms with Gasteiger partial charge in [0, 0.05) is 17.5 Å². The second-order valence-electron chi connectivity index (χ2n) is 7.16. The van der Waals surface area contributed by atoms with Gasteiger partial charge in [0.25, 0.3) is 0 Å². The van der Waals surface area contributed by atoms with Gasteiger partial charge >= 0.3 is 0 Å². The quantitative estimate of drug-likeness (QED) is 0.232. The van der Waals surface area contributed by atoms with Crippen molar-refractivity contribution in [1.82, 2.24) is 0 Å². The molecule has 0 saturated carbocycles. The van der Waals surface area contributed by atoms with Crippen LogP contribution in [0, 0.1) is 19.3 Å². The lowest BCUT2D eigenvalue weighted by molar-refractivity contribution is 0.886. The van der Waals surface area contributed by atoms with E-state index in [4.69, 9.17) is 11.1 Å². The van der Waals surface area contributed by atoms with Crippen molar-refractivity contribution < 1.29 is 0 Å². The zero-order valence-corrected chi connectivity index (χ0v) is 18.4. The highest BCUT2D eigenvalue weighted by Crippen LogP contribution is 2.32. The zero-order chi connectivity index (χ0) is 21.1. The Hall–Kier alpha value is -2.61. The van der Waals surface area contributed by atoms with Gasteiger partial charge in [-0.25, -0.2) is 0 Å². The van der Waals surface area contributed by atoms with E-state index in [1.165, 1.54) is 41.3 Å². The summed E-state index contributed by atoms with van der Waals surface area (Å²) < 4.78 is 0. The first kappa shape index (κ1) is 23.4. The molecule has 0 unspecified atom stereocenters. The van der Waals surface area contributed by atoms with E-state index < -0.39 is 0 Å². The Morgan fingerprint density at radius 2 is 1.71 bits per heavy atom. The Bertz CT molecular complexity index is 840. The first-order chi connectivity index (χ1) is 13.4. The highest BCUT2D eigenvalue weighted by atomic mass is 14.6. The molecule has 0 aliphatic rings. The van der Waals surface area contributed by atoms with E-state index in [0.29, 0.717) is 5.69 Å². The van der Waals surface area contributed by atoms with Crippen LogP contribution in [0.3, 0.4) is 0 Å². The maximum atomic E-state index is 7.59. The Morgan fingerprint density at radius 3 is 2.25 bits per heavy atom. The van der Waals surface area contributed by atoms with E-state index in [-0.39, 0.29) is 0 Å². The Morgan fingerprint density at radius 1 is 1.04 bits per heavy atom. The molecule has 0 radical (unpaired) electrons. The fourth-order valence-corrected chi connectivity index (χ4v) is 2.85. The molecule has 0 aliphatic heterocycles. The second-order valence-corrected chi connectivity index (χ2v) is 7.16. The first-order valence-corrected chi connectivity index (χ1v) is 10.2. The van der Waals surface area contributed by atoms with E-state index >= 15 is 0 Å². The lowest BCUT2D eigenvalue weighted by Crippen LogP contribution is -1.99. The van der Waals surface area contributed by atoms with Crippen LogP contribution in [-0.2, 0) is 0 Å². The van der Waals surface area contributed by atoms with Crippen molar-refractivity contribution >= 4 is 23.0 Å². The van der Waals surface area contributed by atoms with Crippen molar-refractivity contribution in [3.8, 4) is 0 Å². The van der Waals surface area contributed by atoms with E-state index in [0.717, 1.165) is 23.1 Å². The minimum absolute atomic E-state index is 0.651. The second kappa shape index (κ2) is 12.0. The third kappa shape index (κ3) is 6.53. The monoisotopic (exact) mass is 376 g/mol. The van der Waals surface area contributed by atoms with Gasteiger partial charge in [0.2, 0.25) is 0 Å². The predicted octanol–water partition coefficient (Wildman–Crippen LogP) is 7.59. The Labute approximate surface area is 171 Å². The molecule has 2 aromatic carbocycles. The summed E-state index contributed by atoms with van der Waals surface area (Å²) in [6, 6.07) is 12.5. The summed E-state index contributed by atoms with van der Waals surface area (Å²) in [5, 5.41) is 7.59. The highest BCUT2D eigenvalue weighted by molar-refractivity contribution is 5.98. The molecule has 2 nitrogen and oxygen atoms in total. The molecular weight excluding hydrogens is 340 g/mol. The number of rotatable bonds is 6. The number of nitrogens with one attached hydrogen (secondary N) is 1. The van der Waals surface area contributed by atoms with Crippen LogP contribution in [0.2, 0.25) is 0 Å². The zero-order valence-electron chi connectivity index (χ0n) is 18.4. The molecule has 2 rings (SSSR count). The van der Waals surface area contributed by atoms with Crippen LogP contribution in [0.4, 0.5) is 5.69 Å². The molecule has 28 heavy (non-hydrogen) atoms. The van der Waals surface area contributed by atoms with Gasteiger partial charge in [-0.05, 0) is 67.2 Å². The topological polar surface area (TPSA) is 49.9 Å². The average molecular weight is 377 g/mol. The van der Waals surface area contributed by atoms with Crippen LogP contribution in [0.25, 0.3) is 11.1 Å². The molecular formula is C26H36N2. The molecule has 150 valence electrons. The minimum Gasteiger partial charge on any atom is -0.398 e. The molecule has 0 amide bonds. The summed E-state index contributed by atoms with van der Waals surface area (Å²) in [5.74, 6) is 0. The normalized spacial score (nSPS) is 11.6. The van der Waals surface area contributed by atoms with Crippen molar-refractivity contribution in [2.24, 2.45) is 0 Å². The maximum absolute atomic E-state index is 7.59. The number of nitrogens with two attached hydrogens (primary N) is 1. The van der Waals surface area contributed by atoms with E-state index in [1.54, 1.807) is 0 Å². The third-order valence-corrected chi connectivity index (χ3v) is 4.75. The van der Waals surface area contributed by atoms with Crippen molar-refractivity contribution in [1.29, 1.82) is 5.41 Å². The van der Waals surface area contributed by atoms with Gasteiger partial charge in [0.05, 0.1) is 0 Å². The van der Waals surface area contributed by atoms with Gasteiger partial charge in [-0.3, -0.25) is 0 Å². The van der Waals surface area contributed by atoms with Crippen molar-refractivity contribution in [2.45, 2.75) is 60.8 Å². The van der Waals surface area contributed by atoms with Gasteiger partial charge < -0.3 is 11.1 Å². The van der Waals surface area contributed by atoms with Crippen molar-refractivity contribution in [3.63, 3.8) is 0 Å². The number of anilines is 1. The summed E-state index contributed by atoms with van der Waals surface area (Å²) in [6.07, 6.45) is 9.30. The molecule has 0 aliphatic carbocycles. The lowest BCUT2D eigenvalue weighted by Gasteiger charge is -2.15. The summed E-state index contributed by atoms with van der Waals surface area (Å²) in [7, 11) is 0. The standard InChI is InChI=1S/C22H26N2.C4H10/c1-5-6-10-20(17(4)18-9-7-8-15(2)11-18)21-13-19(14-23)22(24)12-16(21)3;1-3-4-2/h6-14,23H,5,24H2,1-4H3;3-4H2,1-2H3/b10-6-,20-17-,23-14?;. The molecule has 0 aromatic heterocycles. The molecule has 0 saturated heterocycles. The molecule has 0 spiro atoms. The third-order valence-electron chi connectivity index (χ3n) is 4.75. The number of benzene rings is 2. The summed E-state index contributed by atoms with van der Waals surface area (Å²) in [5.41, 5.74) is 14.6. The van der Waals surface area contributed by atoms with Crippen LogP contribution < -0.4 is 5.73 Å². The summed E-state index contributed by atoms with van der Waals surface area (Å²) in [4.78, 5) is 0. The largest absolute Gasteiger partial charge is 0.398 e. The van der Waals surface area contributed by atoms with E-state index in [9.17, 15) is 0 Å². The number of aryl methyl sites for hydroxylation is 2. The Kier molecular flexibility index (Phi) is 10.0. The van der Waals surface area contributed by atoms with Gasteiger partial charge in [-0.15, -0.1) is 0 Å². The van der Waals surface area contributed by atoms with Gasteiger partial charge in [-0.2, -0.15) is 0 Å². The molecule has 0 heterocycles. The maximum Gasteiger partial charge on any atom is 0.0406 e. The number of allylic oxidation sites excluding steroid dienone is 4. The van der Waals surface area contributed by atoms with Gasteiger partial charge in [-0.1, -0.05) is 75.6 Å². The Balaban J connectivity index is 0.000000892. The van der Waals surface area contributed by atoms with Crippen LogP contribution in [0.15, 0.2) is 48.6 Å². The van der Waals surface area contributed by atoms with Crippen LogP contribution in [-0.4, -0.2) is 6.21 Å². The molecule has 2 heteroatoms. The van der Waals surface area contributed by atoms with Gasteiger partial charge in [0.1, 0.15) is 0 Å². The van der Waals surface area contributed by atoms with Gasteiger partial charge in [0.15, 0.2) is 0 Å². The lowest BCUT2D eigenvalue weighted by atomic mass is 9.90.